The summed E-state index contributed by atoms with van der Waals surface area (Å²) >= 11 is 3.47. The van der Waals surface area contributed by atoms with Crippen LogP contribution in [0.3, 0.4) is 0 Å². The second-order valence-corrected chi connectivity index (χ2v) is 5.86. The molecule has 0 aromatic heterocycles. The van der Waals surface area contributed by atoms with E-state index in [1.807, 2.05) is 24.1 Å². The van der Waals surface area contributed by atoms with Crippen molar-refractivity contribution in [3.63, 3.8) is 0 Å². The lowest BCUT2D eigenvalue weighted by Crippen LogP contribution is -2.48. The molecule has 2 heterocycles. The van der Waals surface area contributed by atoms with Crippen LogP contribution < -0.4 is 0 Å². The van der Waals surface area contributed by atoms with Crippen LogP contribution in [0.5, 0.6) is 0 Å². The van der Waals surface area contributed by atoms with Gasteiger partial charge in [-0.05, 0) is 31.2 Å². The summed E-state index contributed by atoms with van der Waals surface area (Å²) < 4.78 is 1.07. The summed E-state index contributed by atoms with van der Waals surface area (Å²) in [6.45, 7) is 1.76. The number of hydrogen-bond acceptors (Lipinski definition) is 2. The van der Waals surface area contributed by atoms with Gasteiger partial charge in [-0.3, -0.25) is 9.69 Å². The Morgan fingerprint density at radius 2 is 2.29 bits per heavy atom. The number of hydrogen-bond donors (Lipinski definition) is 0. The fourth-order valence-electron chi connectivity index (χ4n) is 2.90. The summed E-state index contributed by atoms with van der Waals surface area (Å²) in [5.41, 5.74) is 1.20. The largest absolute Gasteiger partial charge is 0.333 e. The van der Waals surface area contributed by atoms with Gasteiger partial charge in [-0.25, -0.2) is 0 Å². The predicted octanol–water partition coefficient (Wildman–Crippen LogP) is 1.86. The number of carbonyl (C=O) groups is 1. The number of carbonyl (C=O) groups excluding carboxylic acids is 1. The minimum absolute atomic E-state index is 0.132. The molecule has 2 fully saturated rings. The van der Waals surface area contributed by atoms with E-state index in [0.717, 1.165) is 24.0 Å². The highest BCUT2D eigenvalue weighted by Gasteiger charge is 2.47. The molecule has 0 radical (unpaired) electrons. The molecule has 0 aliphatic carbocycles. The molecule has 2 aliphatic rings. The lowest BCUT2D eigenvalue weighted by Gasteiger charge is -2.31. The fourth-order valence-corrected chi connectivity index (χ4v) is 3.34. The maximum absolute atomic E-state index is 12.1. The monoisotopic (exact) mass is 294 g/mol. The number of likely N-dealkylation sites (N-methyl/N-ethyl adjacent to an activating group) is 1. The highest BCUT2D eigenvalue weighted by atomic mass is 79.9. The van der Waals surface area contributed by atoms with Gasteiger partial charge in [0.2, 0.25) is 5.91 Å². The van der Waals surface area contributed by atoms with Crippen LogP contribution in [0.15, 0.2) is 28.7 Å². The normalized spacial score (nSPS) is 28.1. The quantitative estimate of drug-likeness (QED) is 0.831. The van der Waals surface area contributed by atoms with Crippen LogP contribution in [0, 0.1) is 0 Å². The second-order valence-electron chi connectivity index (χ2n) is 4.94. The molecule has 3 nitrogen and oxygen atoms in total. The summed E-state index contributed by atoms with van der Waals surface area (Å²) in [4.78, 5) is 16.3. The van der Waals surface area contributed by atoms with E-state index in [1.54, 1.807) is 0 Å². The van der Waals surface area contributed by atoms with Crippen molar-refractivity contribution >= 4 is 21.8 Å². The number of nitrogens with zero attached hydrogens (tertiary/aromatic N) is 2. The Bertz CT molecular complexity index is 462. The van der Waals surface area contributed by atoms with Crippen LogP contribution in [0.4, 0.5) is 0 Å². The molecular formula is C13H15BrN2O. The van der Waals surface area contributed by atoms with Gasteiger partial charge in [0.25, 0.3) is 0 Å². The molecule has 0 N–H and O–H groups in total. The van der Waals surface area contributed by atoms with Gasteiger partial charge in [0.1, 0.15) is 0 Å². The van der Waals surface area contributed by atoms with E-state index < -0.39 is 0 Å². The van der Waals surface area contributed by atoms with Crippen LogP contribution in [-0.2, 0) is 11.3 Å². The standard InChI is InChI=1S/C13H15BrN2O/c1-15-8-11-6-12(15)13(17)16(11)7-9-3-2-4-10(14)5-9/h2-5,11-12H,6-8H2,1H3. The van der Waals surface area contributed by atoms with Gasteiger partial charge in [0.05, 0.1) is 6.04 Å². The molecule has 0 spiro atoms. The van der Waals surface area contributed by atoms with Gasteiger partial charge in [-0.1, -0.05) is 28.1 Å². The lowest BCUT2D eigenvalue weighted by molar-refractivity contribution is -0.136. The van der Waals surface area contributed by atoms with Gasteiger partial charge in [-0.15, -0.1) is 0 Å². The van der Waals surface area contributed by atoms with E-state index >= 15 is 0 Å². The lowest BCUT2D eigenvalue weighted by atomic mass is 10.2. The minimum Gasteiger partial charge on any atom is -0.333 e. The molecule has 2 atom stereocenters. The SMILES string of the molecule is CN1CC2CC1C(=O)N2Cc1cccc(Br)c1. The molecule has 2 bridgehead atoms. The van der Waals surface area contributed by atoms with Gasteiger partial charge in [0, 0.05) is 23.6 Å². The average Bonchev–Trinajstić information content (AvgIpc) is 2.78. The molecule has 1 aromatic rings. The van der Waals surface area contributed by atoms with E-state index in [2.05, 4.69) is 33.0 Å². The summed E-state index contributed by atoms with van der Waals surface area (Å²) in [6.07, 6.45) is 1.00. The van der Waals surface area contributed by atoms with Gasteiger partial charge >= 0.3 is 0 Å². The maximum atomic E-state index is 12.1. The molecule has 2 saturated heterocycles. The Labute approximate surface area is 110 Å². The van der Waals surface area contributed by atoms with Crippen molar-refractivity contribution < 1.29 is 4.79 Å². The third-order valence-corrected chi connectivity index (χ3v) is 4.27. The first-order valence-electron chi connectivity index (χ1n) is 5.90. The van der Waals surface area contributed by atoms with E-state index in [1.165, 1.54) is 5.56 Å². The van der Waals surface area contributed by atoms with Gasteiger partial charge in [-0.2, -0.15) is 0 Å². The first-order chi connectivity index (χ1) is 8.15. The number of benzene rings is 1. The zero-order valence-electron chi connectivity index (χ0n) is 9.77. The first-order valence-corrected chi connectivity index (χ1v) is 6.69. The molecule has 2 aliphatic heterocycles. The molecular weight excluding hydrogens is 280 g/mol. The molecule has 2 unspecified atom stereocenters. The van der Waals surface area contributed by atoms with Crippen molar-refractivity contribution in [1.29, 1.82) is 0 Å². The van der Waals surface area contributed by atoms with Crippen molar-refractivity contribution in [3.05, 3.63) is 34.3 Å². The topological polar surface area (TPSA) is 23.6 Å². The number of fused-ring (bicyclic) bond motifs is 2. The predicted molar refractivity (Wildman–Crippen MR) is 69.5 cm³/mol. The van der Waals surface area contributed by atoms with Gasteiger partial charge in [0.15, 0.2) is 0 Å². The fraction of sp³-hybridized carbons (Fsp3) is 0.462. The third kappa shape index (κ3) is 1.89. The Kier molecular flexibility index (Phi) is 2.71. The molecule has 1 amide bonds. The summed E-state index contributed by atoms with van der Waals surface area (Å²) in [5.74, 6) is 0.295. The number of amides is 1. The molecule has 1 aromatic carbocycles. The van der Waals surface area contributed by atoms with Crippen LogP contribution in [0.25, 0.3) is 0 Å². The third-order valence-electron chi connectivity index (χ3n) is 3.78. The second kappa shape index (κ2) is 4.10. The molecule has 3 rings (SSSR count). The Morgan fingerprint density at radius 3 is 2.94 bits per heavy atom. The zero-order chi connectivity index (χ0) is 12.0. The molecule has 17 heavy (non-hydrogen) atoms. The zero-order valence-corrected chi connectivity index (χ0v) is 11.4. The number of rotatable bonds is 2. The minimum atomic E-state index is 0.132. The number of piperazine rings is 1. The Morgan fingerprint density at radius 1 is 1.47 bits per heavy atom. The summed E-state index contributed by atoms with van der Waals surface area (Å²) in [6, 6.07) is 8.74. The number of likely N-dealkylation sites (tertiary alicyclic amines) is 2. The smallest absolute Gasteiger partial charge is 0.240 e. The average molecular weight is 295 g/mol. The van der Waals surface area contributed by atoms with Crippen molar-refractivity contribution in [2.75, 3.05) is 13.6 Å². The van der Waals surface area contributed by atoms with Crippen LogP contribution in [0.2, 0.25) is 0 Å². The highest BCUT2D eigenvalue weighted by Crippen LogP contribution is 2.31. The summed E-state index contributed by atoms with van der Waals surface area (Å²) in [5, 5.41) is 0. The van der Waals surface area contributed by atoms with E-state index in [4.69, 9.17) is 0 Å². The maximum Gasteiger partial charge on any atom is 0.240 e. The van der Waals surface area contributed by atoms with Gasteiger partial charge < -0.3 is 4.90 Å². The highest BCUT2D eigenvalue weighted by molar-refractivity contribution is 9.10. The van der Waals surface area contributed by atoms with Crippen LogP contribution in [0.1, 0.15) is 12.0 Å². The van der Waals surface area contributed by atoms with E-state index in [0.29, 0.717) is 11.9 Å². The Balaban J connectivity index is 1.77. The molecule has 4 heteroatoms. The van der Waals surface area contributed by atoms with Crippen molar-refractivity contribution in [2.45, 2.75) is 25.0 Å². The van der Waals surface area contributed by atoms with Crippen molar-refractivity contribution in [1.82, 2.24) is 9.80 Å². The molecule has 0 saturated carbocycles. The first kappa shape index (κ1) is 11.2. The summed E-state index contributed by atoms with van der Waals surface area (Å²) in [7, 11) is 2.04. The van der Waals surface area contributed by atoms with E-state index in [9.17, 15) is 4.79 Å². The van der Waals surface area contributed by atoms with Crippen molar-refractivity contribution in [3.8, 4) is 0 Å². The van der Waals surface area contributed by atoms with Crippen molar-refractivity contribution in [2.24, 2.45) is 0 Å². The van der Waals surface area contributed by atoms with Crippen LogP contribution >= 0.6 is 15.9 Å². The van der Waals surface area contributed by atoms with Crippen LogP contribution in [-0.4, -0.2) is 41.4 Å². The van der Waals surface area contributed by atoms with E-state index in [-0.39, 0.29) is 6.04 Å². The molecule has 90 valence electrons. The Hall–Kier alpha value is -0.870. The number of halogens is 1.